The second-order valence-electron chi connectivity index (χ2n) is 3.58. The molecule has 88 valence electrons. The zero-order valence-electron chi connectivity index (χ0n) is 9.33. The maximum Gasteiger partial charge on any atom is 0.246 e. The topological polar surface area (TPSA) is 73.6 Å². The Bertz CT molecular complexity index is 231. The average Bonchev–Trinajstić information content (AvgIpc) is 2.11. The highest BCUT2D eigenvalue weighted by atomic mass is 32.1. The molecule has 0 aliphatic carbocycles. The van der Waals surface area contributed by atoms with Gasteiger partial charge < -0.3 is 20.5 Å². The summed E-state index contributed by atoms with van der Waals surface area (Å²) in [5, 5.41) is 2.66. The molecule has 0 heterocycles. The van der Waals surface area contributed by atoms with Gasteiger partial charge in [-0.3, -0.25) is 4.79 Å². The van der Waals surface area contributed by atoms with Gasteiger partial charge in [-0.25, -0.2) is 0 Å². The lowest BCUT2D eigenvalue weighted by Gasteiger charge is -2.24. The molecule has 1 amide bonds. The lowest BCUT2D eigenvalue weighted by molar-refractivity contribution is -0.127. The van der Waals surface area contributed by atoms with Gasteiger partial charge in [0.25, 0.3) is 0 Å². The maximum absolute atomic E-state index is 11.3. The first-order valence-electron chi connectivity index (χ1n) is 4.57. The first-order chi connectivity index (χ1) is 6.90. The van der Waals surface area contributed by atoms with Crippen LogP contribution in [0, 0.1) is 0 Å². The van der Waals surface area contributed by atoms with Gasteiger partial charge in [-0.05, 0) is 13.8 Å². The third-order valence-corrected chi connectivity index (χ3v) is 2.24. The normalized spacial score (nSPS) is 11.1. The highest BCUT2D eigenvalue weighted by Crippen LogP contribution is 2.01. The van der Waals surface area contributed by atoms with E-state index in [1.54, 1.807) is 21.0 Å². The molecular formula is C9H18N2O3S. The van der Waals surface area contributed by atoms with Crippen molar-refractivity contribution in [2.75, 3.05) is 26.9 Å². The van der Waals surface area contributed by atoms with Gasteiger partial charge in [0.05, 0.1) is 23.7 Å². The van der Waals surface area contributed by atoms with E-state index in [9.17, 15) is 4.79 Å². The molecule has 0 aliphatic rings. The zero-order valence-corrected chi connectivity index (χ0v) is 10.1. The molecule has 0 aromatic rings. The Morgan fingerprint density at radius 1 is 1.47 bits per heavy atom. The Kier molecular flexibility index (Phi) is 6.38. The molecule has 6 heteroatoms. The molecular weight excluding hydrogens is 216 g/mol. The molecule has 0 radical (unpaired) electrons. The van der Waals surface area contributed by atoms with E-state index in [2.05, 4.69) is 5.32 Å². The fraction of sp³-hybridized carbons (Fsp3) is 0.778. The van der Waals surface area contributed by atoms with E-state index in [4.69, 9.17) is 27.4 Å². The summed E-state index contributed by atoms with van der Waals surface area (Å²) in [6.45, 7) is 4.31. The number of thiocarbonyl (C=S) groups is 1. The van der Waals surface area contributed by atoms with Crippen molar-refractivity contribution in [1.82, 2.24) is 5.32 Å². The lowest BCUT2D eigenvalue weighted by Crippen LogP contribution is -2.53. The van der Waals surface area contributed by atoms with Crippen molar-refractivity contribution < 1.29 is 14.3 Å². The summed E-state index contributed by atoms with van der Waals surface area (Å²) in [5.74, 6) is -0.246. The third kappa shape index (κ3) is 6.38. The Hall–Kier alpha value is -0.720. The number of hydrogen-bond acceptors (Lipinski definition) is 4. The summed E-state index contributed by atoms with van der Waals surface area (Å²) in [6.07, 6.45) is 0. The Morgan fingerprint density at radius 3 is 2.53 bits per heavy atom. The summed E-state index contributed by atoms with van der Waals surface area (Å²) in [5.41, 5.74) is 4.77. The molecule has 0 spiro atoms. The third-order valence-electron chi connectivity index (χ3n) is 1.73. The van der Waals surface area contributed by atoms with Crippen LogP contribution in [0.5, 0.6) is 0 Å². The number of rotatable bonds is 7. The van der Waals surface area contributed by atoms with Gasteiger partial charge in [0, 0.05) is 7.11 Å². The van der Waals surface area contributed by atoms with Crippen LogP contribution in [-0.2, 0) is 14.3 Å². The summed E-state index contributed by atoms with van der Waals surface area (Å²) in [7, 11) is 1.57. The molecule has 0 atom stereocenters. The minimum absolute atomic E-state index is 0.0184. The molecule has 0 unspecified atom stereocenters. The Balaban J connectivity index is 3.79. The Labute approximate surface area is 95.3 Å². The highest BCUT2D eigenvalue weighted by molar-refractivity contribution is 7.80. The first kappa shape index (κ1) is 14.3. The number of carbonyl (C=O) groups is 1. The van der Waals surface area contributed by atoms with Crippen molar-refractivity contribution in [3.63, 3.8) is 0 Å². The van der Waals surface area contributed by atoms with E-state index in [1.165, 1.54) is 0 Å². The molecule has 0 saturated carbocycles. The smallest absolute Gasteiger partial charge is 0.246 e. The quantitative estimate of drug-likeness (QED) is 0.472. The number of amides is 1. The molecule has 0 aromatic heterocycles. The van der Waals surface area contributed by atoms with Crippen LogP contribution in [0.1, 0.15) is 13.8 Å². The molecule has 15 heavy (non-hydrogen) atoms. The van der Waals surface area contributed by atoms with E-state index >= 15 is 0 Å². The van der Waals surface area contributed by atoms with E-state index in [1.807, 2.05) is 0 Å². The first-order valence-corrected chi connectivity index (χ1v) is 4.98. The molecule has 0 saturated heterocycles. The lowest BCUT2D eigenvalue weighted by atomic mass is 10.1. The zero-order chi connectivity index (χ0) is 11.9. The summed E-state index contributed by atoms with van der Waals surface area (Å²) < 4.78 is 9.81. The molecule has 0 fully saturated rings. The number of hydrogen-bond donors (Lipinski definition) is 2. The Morgan fingerprint density at radius 2 is 2.07 bits per heavy atom. The van der Waals surface area contributed by atoms with Gasteiger partial charge in [-0.1, -0.05) is 12.2 Å². The van der Waals surface area contributed by atoms with Crippen molar-refractivity contribution in [2.45, 2.75) is 19.4 Å². The second kappa shape index (κ2) is 6.71. The SMILES string of the molecule is COCCOCC(=O)NC(C)(C)C(N)=S. The van der Waals surface area contributed by atoms with Crippen LogP contribution in [0.15, 0.2) is 0 Å². The predicted octanol–water partition coefficient (Wildman–Crippen LogP) is -0.170. The second-order valence-corrected chi connectivity index (χ2v) is 4.02. The van der Waals surface area contributed by atoms with Gasteiger partial charge in [-0.15, -0.1) is 0 Å². The summed E-state index contributed by atoms with van der Waals surface area (Å²) >= 11 is 4.81. The predicted molar refractivity (Wildman–Crippen MR) is 61.7 cm³/mol. The van der Waals surface area contributed by atoms with E-state index in [0.717, 1.165) is 0 Å². The summed E-state index contributed by atoms with van der Waals surface area (Å²) in [4.78, 5) is 11.6. The number of nitrogens with two attached hydrogens (primary N) is 1. The molecule has 5 nitrogen and oxygen atoms in total. The van der Waals surface area contributed by atoms with Gasteiger partial charge in [0.2, 0.25) is 5.91 Å². The van der Waals surface area contributed by atoms with Gasteiger partial charge in [0.15, 0.2) is 0 Å². The van der Waals surface area contributed by atoms with E-state index in [-0.39, 0.29) is 17.5 Å². The summed E-state index contributed by atoms with van der Waals surface area (Å²) in [6, 6.07) is 0. The fourth-order valence-corrected chi connectivity index (χ4v) is 0.804. The molecule has 0 aromatic carbocycles. The van der Waals surface area contributed by atoms with Gasteiger partial charge in [-0.2, -0.15) is 0 Å². The van der Waals surface area contributed by atoms with Crippen molar-refractivity contribution >= 4 is 23.1 Å². The van der Waals surface area contributed by atoms with Crippen molar-refractivity contribution in [1.29, 1.82) is 0 Å². The minimum atomic E-state index is -0.683. The average molecular weight is 234 g/mol. The molecule has 0 bridgehead atoms. The van der Waals surface area contributed by atoms with Crippen LogP contribution in [0.4, 0.5) is 0 Å². The standard InChI is InChI=1S/C9H18N2O3S/c1-9(2,8(10)15)11-7(12)6-14-5-4-13-3/h4-6H2,1-3H3,(H2,10,15)(H,11,12). The van der Waals surface area contributed by atoms with Crippen molar-refractivity contribution in [2.24, 2.45) is 5.73 Å². The number of carbonyl (C=O) groups excluding carboxylic acids is 1. The monoisotopic (exact) mass is 234 g/mol. The van der Waals surface area contributed by atoms with Crippen molar-refractivity contribution in [3.8, 4) is 0 Å². The van der Waals surface area contributed by atoms with E-state index in [0.29, 0.717) is 13.2 Å². The van der Waals surface area contributed by atoms with Crippen LogP contribution >= 0.6 is 12.2 Å². The van der Waals surface area contributed by atoms with Crippen LogP contribution in [0.3, 0.4) is 0 Å². The van der Waals surface area contributed by atoms with Gasteiger partial charge >= 0.3 is 0 Å². The largest absolute Gasteiger partial charge is 0.391 e. The number of methoxy groups -OCH3 is 1. The fourth-order valence-electron chi connectivity index (χ4n) is 0.753. The van der Waals surface area contributed by atoms with Crippen LogP contribution in [0.2, 0.25) is 0 Å². The van der Waals surface area contributed by atoms with Crippen LogP contribution in [0.25, 0.3) is 0 Å². The van der Waals surface area contributed by atoms with Crippen molar-refractivity contribution in [3.05, 3.63) is 0 Å². The number of ether oxygens (including phenoxy) is 2. The highest BCUT2D eigenvalue weighted by Gasteiger charge is 2.23. The van der Waals surface area contributed by atoms with Crippen LogP contribution in [-0.4, -0.2) is 43.4 Å². The minimum Gasteiger partial charge on any atom is -0.391 e. The maximum atomic E-state index is 11.3. The van der Waals surface area contributed by atoms with Gasteiger partial charge in [0.1, 0.15) is 6.61 Å². The van der Waals surface area contributed by atoms with E-state index < -0.39 is 5.54 Å². The molecule has 3 N–H and O–H groups in total. The number of nitrogens with one attached hydrogen (secondary N) is 1. The van der Waals surface area contributed by atoms with Crippen LogP contribution < -0.4 is 11.1 Å². The molecule has 0 rings (SSSR count). The molecule has 0 aliphatic heterocycles.